The number of carbonyl (C=O) groups excluding carboxylic acids is 2. The maximum absolute atomic E-state index is 12.7. The first-order valence-electron chi connectivity index (χ1n) is 9.55. The van der Waals surface area contributed by atoms with E-state index in [1.165, 1.54) is 0 Å². The maximum Gasteiger partial charge on any atom is 0.227 e. The molecule has 0 unspecified atom stereocenters. The van der Waals surface area contributed by atoms with E-state index in [2.05, 4.69) is 10.4 Å². The Balaban J connectivity index is 1.36. The molecule has 2 heterocycles. The molecule has 0 saturated carbocycles. The molecule has 1 N–H and O–H groups in total. The Hall–Kier alpha value is -3.06. The summed E-state index contributed by atoms with van der Waals surface area (Å²) in [5.74, 6) is 0.676. The second kappa shape index (κ2) is 8.53. The molecule has 6 nitrogen and oxygen atoms in total. The van der Waals surface area contributed by atoms with Crippen LogP contribution in [0.4, 0.5) is 11.4 Å². The highest BCUT2D eigenvalue weighted by atomic mass is 32.2. The number of hydrogen-bond acceptors (Lipinski definition) is 4. The third kappa shape index (κ3) is 4.35. The van der Waals surface area contributed by atoms with Crippen LogP contribution in [0, 0.1) is 6.92 Å². The molecule has 0 saturated heterocycles. The van der Waals surface area contributed by atoms with E-state index >= 15 is 0 Å². The van der Waals surface area contributed by atoms with Gasteiger partial charge in [0, 0.05) is 47.6 Å². The highest BCUT2D eigenvalue weighted by molar-refractivity contribution is 7.99. The fourth-order valence-electron chi connectivity index (χ4n) is 3.36. The lowest BCUT2D eigenvalue weighted by Gasteiger charge is -2.29. The number of anilines is 2. The first kappa shape index (κ1) is 19.3. The molecule has 2 amide bonds. The van der Waals surface area contributed by atoms with Crippen molar-refractivity contribution >= 4 is 35.0 Å². The molecule has 0 spiro atoms. The molecule has 1 aliphatic rings. The molecule has 4 rings (SSSR count). The lowest BCUT2D eigenvalue weighted by atomic mass is 10.2. The van der Waals surface area contributed by atoms with E-state index in [1.54, 1.807) is 22.9 Å². The summed E-state index contributed by atoms with van der Waals surface area (Å²) in [6, 6.07) is 17.3. The van der Waals surface area contributed by atoms with Crippen LogP contribution in [0.15, 0.2) is 65.7 Å². The second-order valence-electron chi connectivity index (χ2n) is 6.84. The maximum atomic E-state index is 12.7. The largest absolute Gasteiger partial charge is 0.326 e. The molecule has 0 aliphatic carbocycles. The van der Waals surface area contributed by atoms with Crippen molar-refractivity contribution in [2.24, 2.45) is 0 Å². The van der Waals surface area contributed by atoms with Crippen LogP contribution in [0.1, 0.15) is 18.5 Å². The summed E-state index contributed by atoms with van der Waals surface area (Å²) in [5.41, 5.74) is 3.52. The fourth-order valence-corrected chi connectivity index (χ4v) is 4.36. The number of aromatic nitrogens is 2. The van der Waals surface area contributed by atoms with Crippen LogP contribution < -0.4 is 10.2 Å². The number of fused-ring (bicyclic) bond motifs is 1. The topological polar surface area (TPSA) is 67.2 Å². The average Bonchev–Trinajstić information content (AvgIpc) is 3.17. The zero-order valence-electron chi connectivity index (χ0n) is 16.2. The second-order valence-corrected chi connectivity index (χ2v) is 7.98. The number of carbonyl (C=O) groups is 2. The van der Waals surface area contributed by atoms with Gasteiger partial charge < -0.3 is 10.2 Å². The SMILES string of the molecule is Cc1ccnn1-c1cccc(NC(=O)CCC(=O)N2CCSc3ccccc32)c1. The van der Waals surface area contributed by atoms with Crippen LogP contribution in [-0.2, 0) is 9.59 Å². The number of nitrogens with zero attached hydrogens (tertiary/aromatic N) is 3. The van der Waals surface area contributed by atoms with Crippen molar-refractivity contribution in [1.82, 2.24) is 9.78 Å². The smallest absolute Gasteiger partial charge is 0.227 e. The van der Waals surface area contributed by atoms with Crippen LogP contribution in [0.2, 0.25) is 0 Å². The van der Waals surface area contributed by atoms with Crippen molar-refractivity contribution in [3.63, 3.8) is 0 Å². The molecule has 1 aromatic heterocycles. The van der Waals surface area contributed by atoms with Gasteiger partial charge in [0.25, 0.3) is 0 Å². The quantitative estimate of drug-likeness (QED) is 0.694. The minimum atomic E-state index is -0.174. The minimum Gasteiger partial charge on any atom is -0.326 e. The molecule has 3 aromatic rings. The summed E-state index contributed by atoms with van der Waals surface area (Å²) in [6.45, 7) is 2.65. The summed E-state index contributed by atoms with van der Waals surface area (Å²) >= 11 is 1.76. The van der Waals surface area contributed by atoms with Gasteiger partial charge in [0.1, 0.15) is 0 Å². The van der Waals surface area contributed by atoms with Gasteiger partial charge in [-0.2, -0.15) is 5.10 Å². The first-order chi connectivity index (χ1) is 14.1. The Morgan fingerprint density at radius 3 is 2.79 bits per heavy atom. The number of rotatable bonds is 5. The monoisotopic (exact) mass is 406 g/mol. The van der Waals surface area contributed by atoms with E-state index in [0.29, 0.717) is 12.2 Å². The molecule has 1 aliphatic heterocycles. The third-order valence-corrected chi connectivity index (χ3v) is 5.84. The van der Waals surface area contributed by atoms with Crippen molar-refractivity contribution in [2.75, 3.05) is 22.5 Å². The van der Waals surface area contributed by atoms with Gasteiger partial charge in [0.2, 0.25) is 11.8 Å². The number of hydrogen-bond donors (Lipinski definition) is 1. The van der Waals surface area contributed by atoms with Gasteiger partial charge in [0.15, 0.2) is 0 Å². The number of nitrogens with one attached hydrogen (secondary N) is 1. The Kier molecular flexibility index (Phi) is 5.67. The van der Waals surface area contributed by atoms with Gasteiger partial charge in [0.05, 0.1) is 11.4 Å². The highest BCUT2D eigenvalue weighted by Gasteiger charge is 2.22. The Morgan fingerprint density at radius 2 is 1.97 bits per heavy atom. The number of benzene rings is 2. The number of thioether (sulfide) groups is 1. The van der Waals surface area contributed by atoms with Crippen LogP contribution in [0.5, 0.6) is 0 Å². The molecular formula is C22H22N4O2S. The van der Waals surface area contributed by atoms with E-state index in [-0.39, 0.29) is 24.7 Å². The van der Waals surface area contributed by atoms with E-state index in [4.69, 9.17) is 0 Å². The summed E-state index contributed by atoms with van der Waals surface area (Å²) in [5, 5.41) is 7.17. The fraction of sp³-hybridized carbons (Fsp3) is 0.227. The summed E-state index contributed by atoms with van der Waals surface area (Å²) in [6.07, 6.45) is 2.07. The van der Waals surface area contributed by atoms with Crippen LogP contribution in [-0.4, -0.2) is 33.9 Å². The van der Waals surface area contributed by atoms with Crippen molar-refractivity contribution in [2.45, 2.75) is 24.7 Å². The minimum absolute atomic E-state index is 0.0196. The predicted octanol–water partition coefficient (Wildman–Crippen LogP) is 4.04. The van der Waals surface area contributed by atoms with E-state index in [9.17, 15) is 9.59 Å². The molecule has 2 aromatic carbocycles. The predicted molar refractivity (Wildman–Crippen MR) is 116 cm³/mol. The number of aryl methyl sites for hydroxylation is 1. The van der Waals surface area contributed by atoms with Crippen molar-refractivity contribution in [3.8, 4) is 5.69 Å². The number of para-hydroxylation sites is 1. The number of amides is 2. The highest BCUT2D eigenvalue weighted by Crippen LogP contribution is 2.34. The standard InChI is InChI=1S/C22H22N4O2S/c1-16-11-12-23-26(16)18-6-4-5-17(15-18)24-21(27)9-10-22(28)25-13-14-29-20-8-3-2-7-19(20)25/h2-8,11-12,15H,9-10,13-14H2,1H3,(H,24,27). The summed E-state index contributed by atoms with van der Waals surface area (Å²) < 4.78 is 1.81. The Bertz CT molecular complexity index is 1050. The lowest BCUT2D eigenvalue weighted by Crippen LogP contribution is -2.35. The van der Waals surface area contributed by atoms with Crippen molar-refractivity contribution < 1.29 is 9.59 Å². The Labute approximate surface area is 173 Å². The average molecular weight is 407 g/mol. The van der Waals surface area contributed by atoms with Gasteiger partial charge in [-0.1, -0.05) is 18.2 Å². The van der Waals surface area contributed by atoms with E-state index in [0.717, 1.165) is 27.7 Å². The molecule has 7 heteroatoms. The normalized spacial score (nSPS) is 13.1. The summed E-state index contributed by atoms with van der Waals surface area (Å²) in [4.78, 5) is 28.0. The molecular weight excluding hydrogens is 384 g/mol. The Morgan fingerprint density at radius 1 is 1.10 bits per heavy atom. The molecule has 0 fully saturated rings. The van der Waals surface area contributed by atoms with E-state index in [1.807, 2.05) is 66.2 Å². The van der Waals surface area contributed by atoms with Gasteiger partial charge in [-0.3, -0.25) is 9.59 Å². The molecule has 0 bridgehead atoms. The van der Waals surface area contributed by atoms with Crippen LogP contribution in [0.3, 0.4) is 0 Å². The van der Waals surface area contributed by atoms with Gasteiger partial charge in [-0.15, -0.1) is 11.8 Å². The first-order valence-corrected chi connectivity index (χ1v) is 10.5. The molecule has 148 valence electrons. The lowest BCUT2D eigenvalue weighted by molar-refractivity contribution is -0.122. The van der Waals surface area contributed by atoms with Gasteiger partial charge >= 0.3 is 0 Å². The van der Waals surface area contributed by atoms with E-state index < -0.39 is 0 Å². The van der Waals surface area contributed by atoms with Gasteiger partial charge in [-0.25, -0.2) is 4.68 Å². The van der Waals surface area contributed by atoms with Crippen LogP contribution in [0.25, 0.3) is 5.69 Å². The zero-order chi connectivity index (χ0) is 20.2. The summed E-state index contributed by atoms with van der Waals surface area (Å²) in [7, 11) is 0. The third-order valence-electron chi connectivity index (χ3n) is 4.80. The van der Waals surface area contributed by atoms with Crippen molar-refractivity contribution in [3.05, 3.63) is 66.5 Å². The molecule has 0 radical (unpaired) electrons. The van der Waals surface area contributed by atoms with Crippen molar-refractivity contribution in [1.29, 1.82) is 0 Å². The zero-order valence-corrected chi connectivity index (χ0v) is 17.0. The van der Waals surface area contributed by atoms with Gasteiger partial charge in [-0.05, 0) is 43.3 Å². The molecule has 29 heavy (non-hydrogen) atoms. The molecule has 0 atom stereocenters. The van der Waals surface area contributed by atoms with Crippen LogP contribution >= 0.6 is 11.8 Å².